The molecule has 3 heterocycles. The lowest BCUT2D eigenvalue weighted by molar-refractivity contribution is 0.0695. The maximum absolute atomic E-state index is 12.9. The van der Waals surface area contributed by atoms with Gasteiger partial charge in [-0.15, -0.1) is 5.10 Å². The quantitative estimate of drug-likeness (QED) is 0.576. The normalized spacial score (nSPS) is 15.1. The molecule has 0 atom stereocenters. The number of likely N-dealkylation sites (tertiary alicyclic amines) is 1. The van der Waals surface area contributed by atoms with Gasteiger partial charge in [-0.25, -0.2) is 9.48 Å². The molecule has 1 fully saturated rings. The minimum absolute atomic E-state index is 0.00186. The lowest BCUT2D eigenvalue weighted by Crippen LogP contribution is -2.40. The van der Waals surface area contributed by atoms with Gasteiger partial charge in [0.15, 0.2) is 0 Å². The summed E-state index contributed by atoms with van der Waals surface area (Å²) in [5, 5.41) is 11.1. The van der Waals surface area contributed by atoms with E-state index in [2.05, 4.69) is 20.5 Å². The van der Waals surface area contributed by atoms with E-state index in [0.29, 0.717) is 18.7 Å². The molecule has 9 nitrogen and oxygen atoms in total. The molecular weight excluding hydrogens is 370 g/mol. The summed E-state index contributed by atoms with van der Waals surface area (Å²) >= 11 is 0. The van der Waals surface area contributed by atoms with Gasteiger partial charge in [-0.05, 0) is 59.7 Å². The van der Waals surface area contributed by atoms with Gasteiger partial charge < -0.3 is 9.88 Å². The number of piperidine rings is 1. The topological polar surface area (TPSA) is 102 Å². The van der Waals surface area contributed by atoms with E-state index in [1.54, 1.807) is 16.8 Å². The van der Waals surface area contributed by atoms with Crippen molar-refractivity contribution in [1.82, 2.24) is 34.7 Å². The number of hydrogen-bond donors (Lipinski definition) is 1. The van der Waals surface area contributed by atoms with Crippen molar-refractivity contribution in [2.75, 3.05) is 13.1 Å². The maximum atomic E-state index is 12.9. The van der Waals surface area contributed by atoms with Gasteiger partial charge in [0, 0.05) is 24.7 Å². The van der Waals surface area contributed by atoms with Crippen LogP contribution in [0.15, 0.2) is 59.7 Å². The number of aromatic nitrogens is 6. The minimum Gasteiger partial charge on any atom is -0.338 e. The first-order valence-corrected chi connectivity index (χ1v) is 9.52. The van der Waals surface area contributed by atoms with Gasteiger partial charge in [0.05, 0.1) is 16.7 Å². The van der Waals surface area contributed by atoms with Crippen LogP contribution in [-0.4, -0.2) is 53.7 Å². The summed E-state index contributed by atoms with van der Waals surface area (Å²) in [6, 6.07) is 15.0. The highest BCUT2D eigenvalue weighted by Crippen LogP contribution is 2.25. The van der Waals surface area contributed by atoms with Crippen molar-refractivity contribution >= 4 is 16.9 Å². The monoisotopic (exact) mass is 389 g/mol. The largest absolute Gasteiger partial charge is 0.338 e. The van der Waals surface area contributed by atoms with Crippen LogP contribution < -0.4 is 5.69 Å². The van der Waals surface area contributed by atoms with E-state index in [-0.39, 0.29) is 17.6 Å². The van der Waals surface area contributed by atoms with Crippen molar-refractivity contribution in [3.63, 3.8) is 0 Å². The molecule has 1 aliphatic rings. The molecule has 0 unspecified atom stereocenters. The van der Waals surface area contributed by atoms with Crippen LogP contribution >= 0.6 is 0 Å². The SMILES string of the molecule is O=C(c1ccc(-n2cnnn2)cc1)N1CCC(n2c(=O)[nH]c3ccccc32)CC1. The van der Waals surface area contributed by atoms with E-state index in [0.717, 1.165) is 29.6 Å². The number of benzene rings is 2. The Bertz CT molecular complexity index is 1200. The second-order valence-corrected chi connectivity index (χ2v) is 7.14. The molecule has 9 heteroatoms. The fraction of sp³-hybridized carbons (Fsp3) is 0.250. The van der Waals surface area contributed by atoms with E-state index in [1.165, 1.54) is 6.33 Å². The average molecular weight is 389 g/mol. The molecule has 2 aromatic carbocycles. The van der Waals surface area contributed by atoms with Crippen molar-refractivity contribution in [1.29, 1.82) is 0 Å². The van der Waals surface area contributed by atoms with Gasteiger partial charge in [-0.1, -0.05) is 12.1 Å². The third kappa shape index (κ3) is 3.10. The van der Waals surface area contributed by atoms with Crippen LogP contribution in [0, 0.1) is 0 Å². The van der Waals surface area contributed by atoms with E-state index >= 15 is 0 Å². The number of nitrogens with zero attached hydrogens (tertiary/aromatic N) is 6. The van der Waals surface area contributed by atoms with Gasteiger partial charge >= 0.3 is 5.69 Å². The Morgan fingerprint density at radius 3 is 2.52 bits per heavy atom. The Morgan fingerprint density at radius 1 is 1.03 bits per heavy atom. The number of carbonyl (C=O) groups excluding carboxylic acids is 1. The fourth-order valence-corrected chi connectivity index (χ4v) is 3.98. The van der Waals surface area contributed by atoms with Crippen molar-refractivity contribution < 1.29 is 4.79 Å². The number of aromatic amines is 1. The second-order valence-electron chi connectivity index (χ2n) is 7.14. The molecule has 0 bridgehead atoms. The molecule has 2 aromatic heterocycles. The third-order valence-corrected chi connectivity index (χ3v) is 5.47. The number of carbonyl (C=O) groups is 1. The first-order valence-electron chi connectivity index (χ1n) is 9.52. The van der Waals surface area contributed by atoms with E-state index in [1.807, 2.05) is 45.9 Å². The Labute approximate surface area is 165 Å². The van der Waals surface area contributed by atoms with E-state index < -0.39 is 0 Å². The van der Waals surface area contributed by atoms with Gasteiger partial charge in [0.2, 0.25) is 0 Å². The number of para-hydroxylation sites is 2. The third-order valence-electron chi connectivity index (χ3n) is 5.47. The highest BCUT2D eigenvalue weighted by molar-refractivity contribution is 5.94. The van der Waals surface area contributed by atoms with Crippen LogP contribution in [0.4, 0.5) is 0 Å². The Kier molecular flexibility index (Phi) is 4.19. The number of H-pyrrole nitrogens is 1. The zero-order valence-corrected chi connectivity index (χ0v) is 15.6. The van der Waals surface area contributed by atoms with Crippen LogP contribution in [0.5, 0.6) is 0 Å². The average Bonchev–Trinajstić information content (AvgIpc) is 3.41. The summed E-state index contributed by atoms with van der Waals surface area (Å²) in [7, 11) is 0. The molecule has 0 spiro atoms. The highest BCUT2D eigenvalue weighted by atomic mass is 16.2. The van der Waals surface area contributed by atoms with Crippen molar-refractivity contribution in [3.05, 3.63) is 70.9 Å². The lowest BCUT2D eigenvalue weighted by atomic mass is 10.0. The summed E-state index contributed by atoms with van der Waals surface area (Å²) in [5.41, 5.74) is 3.10. The van der Waals surface area contributed by atoms with Gasteiger partial charge in [-0.2, -0.15) is 0 Å². The van der Waals surface area contributed by atoms with E-state index in [9.17, 15) is 9.59 Å². The number of fused-ring (bicyclic) bond motifs is 1. The number of rotatable bonds is 3. The number of nitrogens with one attached hydrogen (secondary N) is 1. The Morgan fingerprint density at radius 2 is 1.79 bits per heavy atom. The van der Waals surface area contributed by atoms with Gasteiger partial charge in [-0.3, -0.25) is 9.36 Å². The standard InChI is InChI=1S/C20H19N7O2/c28-19(14-5-7-15(8-6-14)26-13-21-23-24-26)25-11-9-16(10-12-25)27-18-4-2-1-3-17(18)22-20(27)29/h1-8,13,16H,9-12H2,(H,22,29). The molecule has 1 N–H and O–H groups in total. The van der Waals surface area contributed by atoms with Crippen molar-refractivity contribution in [2.45, 2.75) is 18.9 Å². The molecule has 1 amide bonds. The molecule has 5 rings (SSSR count). The second kappa shape index (κ2) is 7.01. The Balaban J connectivity index is 1.29. The number of tetrazole rings is 1. The number of imidazole rings is 1. The van der Waals surface area contributed by atoms with Crippen LogP contribution in [0.1, 0.15) is 29.2 Å². The van der Waals surface area contributed by atoms with Gasteiger partial charge in [0.25, 0.3) is 5.91 Å². The molecule has 0 radical (unpaired) electrons. The molecule has 0 saturated carbocycles. The molecule has 1 aliphatic heterocycles. The van der Waals surface area contributed by atoms with Crippen LogP contribution in [0.25, 0.3) is 16.7 Å². The summed E-state index contributed by atoms with van der Waals surface area (Å²) in [6.45, 7) is 1.23. The Hall–Kier alpha value is -3.75. The molecule has 29 heavy (non-hydrogen) atoms. The number of hydrogen-bond acceptors (Lipinski definition) is 5. The molecular formula is C20H19N7O2. The minimum atomic E-state index is -0.0887. The van der Waals surface area contributed by atoms with Crippen LogP contribution in [0.3, 0.4) is 0 Å². The predicted octanol–water partition coefficient (Wildman–Crippen LogP) is 1.78. The van der Waals surface area contributed by atoms with Crippen LogP contribution in [0.2, 0.25) is 0 Å². The lowest BCUT2D eigenvalue weighted by Gasteiger charge is -2.32. The van der Waals surface area contributed by atoms with Crippen molar-refractivity contribution in [2.24, 2.45) is 0 Å². The molecule has 4 aromatic rings. The summed E-state index contributed by atoms with van der Waals surface area (Å²) in [5.74, 6) is -0.00186. The first-order chi connectivity index (χ1) is 14.2. The summed E-state index contributed by atoms with van der Waals surface area (Å²) in [4.78, 5) is 30.1. The molecule has 1 saturated heterocycles. The summed E-state index contributed by atoms with van der Waals surface area (Å²) < 4.78 is 3.37. The summed E-state index contributed by atoms with van der Waals surface area (Å²) in [6.07, 6.45) is 3.00. The number of amides is 1. The van der Waals surface area contributed by atoms with E-state index in [4.69, 9.17) is 0 Å². The zero-order valence-electron chi connectivity index (χ0n) is 15.6. The van der Waals surface area contributed by atoms with Gasteiger partial charge in [0.1, 0.15) is 6.33 Å². The highest BCUT2D eigenvalue weighted by Gasteiger charge is 2.26. The maximum Gasteiger partial charge on any atom is 0.326 e. The first kappa shape index (κ1) is 17.4. The fourth-order valence-electron chi connectivity index (χ4n) is 3.98. The smallest absolute Gasteiger partial charge is 0.326 e. The molecule has 0 aliphatic carbocycles. The zero-order chi connectivity index (χ0) is 19.8. The molecule has 146 valence electrons. The van der Waals surface area contributed by atoms with Crippen LogP contribution in [-0.2, 0) is 0 Å². The van der Waals surface area contributed by atoms with Crippen molar-refractivity contribution in [3.8, 4) is 5.69 Å². The predicted molar refractivity (Wildman–Crippen MR) is 106 cm³/mol.